The summed E-state index contributed by atoms with van der Waals surface area (Å²) < 4.78 is 30.3. The molecule has 1 aliphatic heterocycles. The Labute approximate surface area is 180 Å². The minimum atomic E-state index is -3.06. The fourth-order valence-electron chi connectivity index (χ4n) is 2.91. The Morgan fingerprint density at radius 3 is 2.48 bits per heavy atom. The Morgan fingerprint density at radius 1 is 1.22 bits per heavy atom. The number of piperidine rings is 1. The molecule has 1 saturated heterocycles. The van der Waals surface area contributed by atoms with Gasteiger partial charge in [0.2, 0.25) is 10.0 Å². The lowest BCUT2D eigenvalue weighted by atomic mass is 9.98. The number of nitrogens with zero attached hydrogens (tertiary/aromatic N) is 2. The summed E-state index contributed by atoms with van der Waals surface area (Å²) in [5.41, 5.74) is 1.16. The Morgan fingerprint density at radius 2 is 1.89 bits per heavy atom. The van der Waals surface area contributed by atoms with E-state index in [0.29, 0.717) is 38.8 Å². The maximum Gasteiger partial charge on any atom is 0.211 e. The topological polar surface area (TPSA) is 83.0 Å². The van der Waals surface area contributed by atoms with Crippen LogP contribution in [0.3, 0.4) is 0 Å². The molecule has 1 fully saturated rings. The average Bonchev–Trinajstić information content (AvgIpc) is 2.64. The molecule has 154 valence electrons. The van der Waals surface area contributed by atoms with Crippen LogP contribution >= 0.6 is 24.0 Å². The maximum atomic E-state index is 11.5. The van der Waals surface area contributed by atoms with Crippen LogP contribution in [0.4, 0.5) is 0 Å². The lowest BCUT2D eigenvalue weighted by molar-refractivity contribution is 0.125. The maximum absolute atomic E-state index is 11.5. The number of guanidine groups is 1. The van der Waals surface area contributed by atoms with Gasteiger partial charge >= 0.3 is 0 Å². The number of rotatable bonds is 8. The Balaban J connectivity index is 0.00000364. The summed E-state index contributed by atoms with van der Waals surface area (Å²) in [5.74, 6) is 1.21. The normalized spacial score (nSPS) is 16.6. The van der Waals surface area contributed by atoms with Crippen LogP contribution in [-0.2, 0) is 21.4 Å². The lowest BCUT2D eigenvalue weighted by Gasteiger charge is -2.30. The summed E-state index contributed by atoms with van der Waals surface area (Å²) in [6.45, 7) is 3.88. The molecule has 0 aliphatic carbocycles. The van der Waals surface area contributed by atoms with Gasteiger partial charge in [-0.15, -0.1) is 24.0 Å². The number of hydrogen-bond acceptors (Lipinski definition) is 4. The van der Waals surface area contributed by atoms with Crippen molar-refractivity contribution in [1.82, 2.24) is 14.9 Å². The third-order valence-electron chi connectivity index (χ3n) is 4.47. The highest BCUT2D eigenvalue weighted by Gasteiger charge is 2.24. The molecule has 1 aromatic rings. The molecule has 2 N–H and O–H groups in total. The van der Waals surface area contributed by atoms with Crippen molar-refractivity contribution in [3.05, 3.63) is 35.9 Å². The van der Waals surface area contributed by atoms with Crippen LogP contribution in [0.2, 0.25) is 0 Å². The van der Waals surface area contributed by atoms with Crippen molar-refractivity contribution in [3.8, 4) is 0 Å². The van der Waals surface area contributed by atoms with Crippen molar-refractivity contribution in [2.24, 2.45) is 10.9 Å². The van der Waals surface area contributed by atoms with E-state index in [9.17, 15) is 8.42 Å². The summed E-state index contributed by atoms with van der Waals surface area (Å²) in [6, 6.07) is 10.1. The second kappa shape index (κ2) is 12.5. The number of ether oxygens (including phenoxy) is 1. The van der Waals surface area contributed by atoms with Crippen molar-refractivity contribution >= 4 is 40.0 Å². The highest BCUT2D eigenvalue weighted by molar-refractivity contribution is 14.0. The van der Waals surface area contributed by atoms with E-state index in [1.165, 1.54) is 6.26 Å². The third-order valence-corrected chi connectivity index (χ3v) is 5.78. The second-order valence-electron chi connectivity index (χ2n) is 6.52. The second-order valence-corrected chi connectivity index (χ2v) is 8.51. The van der Waals surface area contributed by atoms with E-state index in [1.807, 2.05) is 30.3 Å². The molecule has 1 aliphatic rings. The van der Waals surface area contributed by atoms with Crippen molar-refractivity contribution in [2.45, 2.75) is 19.4 Å². The standard InChI is InChI=1S/C18H30N4O3S.HI/c1-19-18(20-10-13-25-15-17-6-4-3-5-7-17)21-14-16-8-11-22(12-9-16)26(2,23)24;/h3-7,16H,8-15H2,1-2H3,(H2,19,20,21);1H. The first-order chi connectivity index (χ1) is 12.5. The molecular formula is C18H31IN4O3S. The van der Waals surface area contributed by atoms with Crippen LogP contribution in [0.25, 0.3) is 0 Å². The predicted molar refractivity (Wildman–Crippen MR) is 120 cm³/mol. The zero-order chi connectivity index (χ0) is 18.8. The minimum Gasteiger partial charge on any atom is -0.375 e. The summed E-state index contributed by atoms with van der Waals surface area (Å²) in [4.78, 5) is 4.22. The molecule has 0 saturated carbocycles. The fourth-order valence-corrected chi connectivity index (χ4v) is 3.79. The molecule has 0 bridgehead atoms. The van der Waals surface area contributed by atoms with Gasteiger partial charge < -0.3 is 15.4 Å². The molecule has 9 heteroatoms. The molecule has 27 heavy (non-hydrogen) atoms. The van der Waals surface area contributed by atoms with Crippen molar-refractivity contribution in [2.75, 3.05) is 46.1 Å². The van der Waals surface area contributed by atoms with Gasteiger partial charge in [0.15, 0.2) is 5.96 Å². The molecule has 1 aromatic carbocycles. The van der Waals surface area contributed by atoms with Gasteiger partial charge in [0.05, 0.1) is 19.5 Å². The van der Waals surface area contributed by atoms with E-state index in [-0.39, 0.29) is 24.0 Å². The van der Waals surface area contributed by atoms with E-state index in [4.69, 9.17) is 4.74 Å². The minimum absolute atomic E-state index is 0. The lowest BCUT2D eigenvalue weighted by Crippen LogP contribution is -2.44. The monoisotopic (exact) mass is 510 g/mol. The van der Waals surface area contributed by atoms with Gasteiger partial charge in [-0.1, -0.05) is 30.3 Å². The van der Waals surface area contributed by atoms with Crippen molar-refractivity contribution in [1.29, 1.82) is 0 Å². The summed E-state index contributed by atoms with van der Waals surface area (Å²) in [7, 11) is -1.32. The summed E-state index contributed by atoms with van der Waals surface area (Å²) in [6.07, 6.45) is 3.02. The number of benzene rings is 1. The molecule has 2 rings (SSSR count). The molecule has 0 unspecified atom stereocenters. The smallest absolute Gasteiger partial charge is 0.211 e. The number of sulfonamides is 1. The molecular weight excluding hydrogens is 479 g/mol. The summed E-state index contributed by atoms with van der Waals surface area (Å²) in [5, 5.41) is 6.55. The van der Waals surface area contributed by atoms with Crippen LogP contribution in [0.1, 0.15) is 18.4 Å². The van der Waals surface area contributed by atoms with Gasteiger partial charge in [-0.2, -0.15) is 0 Å². The van der Waals surface area contributed by atoms with Crippen LogP contribution in [0.5, 0.6) is 0 Å². The Bertz CT molecular complexity index is 662. The van der Waals surface area contributed by atoms with Crippen molar-refractivity contribution < 1.29 is 13.2 Å². The third kappa shape index (κ3) is 9.22. The van der Waals surface area contributed by atoms with Gasteiger partial charge in [-0.3, -0.25) is 4.99 Å². The van der Waals surface area contributed by atoms with Crippen LogP contribution in [0, 0.1) is 5.92 Å². The van der Waals surface area contributed by atoms with Crippen molar-refractivity contribution in [3.63, 3.8) is 0 Å². The van der Waals surface area contributed by atoms with Crippen LogP contribution in [0.15, 0.2) is 35.3 Å². The highest BCUT2D eigenvalue weighted by Crippen LogP contribution is 2.18. The van der Waals surface area contributed by atoms with E-state index < -0.39 is 10.0 Å². The number of halogens is 1. The zero-order valence-electron chi connectivity index (χ0n) is 16.1. The molecule has 7 nitrogen and oxygen atoms in total. The van der Waals surface area contributed by atoms with Crippen LogP contribution in [-0.4, -0.2) is 64.8 Å². The number of hydrogen-bond donors (Lipinski definition) is 2. The largest absolute Gasteiger partial charge is 0.375 e. The number of nitrogens with one attached hydrogen (secondary N) is 2. The first-order valence-electron chi connectivity index (χ1n) is 9.00. The van der Waals surface area contributed by atoms with Crippen LogP contribution < -0.4 is 10.6 Å². The SMILES string of the molecule is CN=C(NCCOCc1ccccc1)NCC1CCN(S(C)(=O)=O)CC1.I. The molecule has 0 aromatic heterocycles. The van der Waals surface area contributed by atoms with Gasteiger partial charge in [-0.05, 0) is 24.3 Å². The molecule has 1 heterocycles. The first kappa shape index (κ1) is 24.1. The van der Waals surface area contributed by atoms with Gasteiger partial charge in [-0.25, -0.2) is 12.7 Å². The van der Waals surface area contributed by atoms with E-state index >= 15 is 0 Å². The summed E-state index contributed by atoms with van der Waals surface area (Å²) >= 11 is 0. The van der Waals surface area contributed by atoms with Gasteiger partial charge in [0.25, 0.3) is 0 Å². The molecule has 0 radical (unpaired) electrons. The predicted octanol–water partition coefficient (Wildman–Crippen LogP) is 1.66. The molecule has 0 amide bonds. The molecule has 0 spiro atoms. The van der Waals surface area contributed by atoms with E-state index in [1.54, 1.807) is 11.4 Å². The Kier molecular flexibility index (Phi) is 11.2. The first-order valence-corrected chi connectivity index (χ1v) is 10.8. The van der Waals surface area contributed by atoms with Gasteiger partial charge in [0.1, 0.15) is 0 Å². The quantitative estimate of drug-likeness (QED) is 0.241. The highest BCUT2D eigenvalue weighted by atomic mass is 127. The van der Waals surface area contributed by atoms with E-state index in [2.05, 4.69) is 15.6 Å². The van der Waals surface area contributed by atoms with E-state index in [0.717, 1.165) is 30.9 Å². The van der Waals surface area contributed by atoms with Gasteiger partial charge in [0, 0.05) is 33.2 Å². The fraction of sp³-hybridized carbons (Fsp3) is 0.611. The average molecular weight is 510 g/mol. The zero-order valence-corrected chi connectivity index (χ0v) is 19.2. The Hall–Kier alpha value is -0.910. The number of aliphatic imine (C=N–C) groups is 1. The molecule has 0 atom stereocenters.